The number of aryl methyl sites for hydroxylation is 1. The predicted molar refractivity (Wildman–Crippen MR) is 84.5 cm³/mol. The topological polar surface area (TPSA) is 42.4 Å². The maximum atomic E-state index is 10.2. The van der Waals surface area contributed by atoms with E-state index in [1.807, 2.05) is 25.1 Å². The molecule has 1 aliphatic carbocycles. The fraction of sp³-hybridized carbons (Fsp3) is 0.500. The Morgan fingerprint density at radius 3 is 2.67 bits per heavy atom. The Kier molecular flexibility index (Phi) is 3.62. The van der Waals surface area contributed by atoms with E-state index < -0.39 is 0 Å². The molecule has 1 aliphatic rings. The van der Waals surface area contributed by atoms with E-state index in [1.165, 1.54) is 0 Å². The third-order valence-corrected chi connectivity index (χ3v) is 5.15. The highest BCUT2D eigenvalue weighted by molar-refractivity contribution is 5.84. The molecule has 2 unspecified atom stereocenters. The summed E-state index contributed by atoms with van der Waals surface area (Å²) in [4.78, 5) is 4.62. The third kappa shape index (κ3) is 2.20. The molecule has 2 aromatic rings. The van der Waals surface area contributed by atoms with Crippen LogP contribution in [0.3, 0.4) is 0 Å². The van der Waals surface area contributed by atoms with E-state index in [9.17, 15) is 5.11 Å². The van der Waals surface area contributed by atoms with Crippen molar-refractivity contribution in [3.8, 4) is 5.75 Å². The molecule has 1 saturated carbocycles. The van der Waals surface area contributed by atoms with Crippen LogP contribution in [0.5, 0.6) is 5.75 Å². The average Bonchev–Trinajstić information content (AvgIpc) is 2.48. The highest BCUT2D eigenvalue weighted by Crippen LogP contribution is 2.49. The van der Waals surface area contributed by atoms with Gasteiger partial charge in [-0.1, -0.05) is 32.0 Å². The summed E-state index contributed by atoms with van der Waals surface area (Å²) in [7, 11) is 0. The molecule has 3 nitrogen and oxygen atoms in total. The molecule has 0 saturated heterocycles. The first kappa shape index (κ1) is 14.3. The Balaban J connectivity index is 1.94. The maximum Gasteiger partial charge on any atom is 0.145 e. The summed E-state index contributed by atoms with van der Waals surface area (Å²) in [6.07, 6.45) is 2.42. The second kappa shape index (κ2) is 5.30. The minimum atomic E-state index is -0.248. The van der Waals surface area contributed by atoms with Gasteiger partial charge in [0, 0.05) is 22.9 Å². The van der Waals surface area contributed by atoms with Crippen molar-refractivity contribution in [3.63, 3.8) is 0 Å². The molecule has 3 heteroatoms. The summed E-state index contributed by atoms with van der Waals surface area (Å²) in [6.45, 7) is 6.26. The summed E-state index contributed by atoms with van der Waals surface area (Å²) in [6, 6.07) is 10.1. The minimum absolute atomic E-state index is 0.0791. The molecule has 1 aromatic carbocycles. The summed E-state index contributed by atoms with van der Waals surface area (Å²) in [5, 5.41) is 11.3. The lowest BCUT2D eigenvalue weighted by Crippen LogP contribution is -2.59. The van der Waals surface area contributed by atoms with E-state index in [2.05, 4.69) is 31.0 Å². The number of aromatic nitrogens is 1. The molecule has 1 heterocycles. The first-order valence-corrected chi connectivity index (χ1v) is 7.82. The SMILES string of the molecule is CCC1(CC)C(O)CC1Oc1cccc2ccc(C)nc12. The molecule has 1 fully saturated rings. The monoisotopic (exact) mass is 285 g/mol. The molecule has 0 amide bonds. The summed E-state index contributed by atoms with van der Waals surface area (Å²) < 4.78 is 6.26. The molecular formula is C18H23NO2. The Hall–Kier alpha value is -1.61. The van der Waals surface area contributed by atoms with Gasteiger partial charge in [-0.2, -0.15) is 0 Å². The van der Waals surface area contributed by atoms with Crippen LogP contribution in [0.4, 0.5) is 0 Å². The van der Waals surface area contributed by atoms with E-state index in [1.54, 1.807) is 0 Å². The zero-order chi connectivity index (χ0) is 15.0. The Morgan fingerprint density at radius 1 is 1.24 bits per heavy atom. The van der Waals surface area contributed by atoms with Gasteiger partial charge in [-0.05, 0) is 31.9 Å². The number of benzene rings is 1. The minimum Gasteiger partial charge on any atom is -0.487 e. The summed E-state index contributed by atoms with van der Waals surface area (Å²) in [5.41, 5.74) is 1.80. The van der Waals surface area contributed by atoms with Gasteiger partial charge >= 0.3 is 0 Å². The van der Waals surface area contributed by atoms with Crippen molar-refractivity contribution in [3.05, 3.63) is 36.0 Å². The van der Waals surface area contributed by atoms with Crippen molar-refractivity contribution in [1.82, 2.24) is 4.98 Å². The van der Waals surface area contributed by atoms with Crippen LogP contribution in [0, 0.1) is 12.3 Å². The first-order valence-electron chi connectivity index (χ1n) is 7.82. The van der Waals surface area contributed by atoms with Crippen molar-refractivity contribution in [2.75, 3.05) is 0 Å². The molecule has 1 aromatic heterocycles. The fourth-order valence-electron chi connectivity index (χ4n) is 3.53. The van der Waals surface area contributed by atoms with E-state index in [0.717, 1.165) is 35.2 Å². The standard InChI is InChI=1S/C18H23NO2/c1-4-18(5-2)15(20)11-16(18)21-14-8-6-7-13-10-9-12(3)19-17(13)14/h6-10,15-16,20H,4-5,11H2,1-3H3. The van der Waals surface area contributed by atoms with Crippen LogP contribution in [0.1, 0.15) is 38.8 Å². The number of aliphatic hydroxyl groups excluding tert-OH is 1. The molecule has 0 bridgehead atoms. The number of rotatable bonds is 4. The molecule has 0 aliphatic heterocycles. The van der Waals surface area contributed by atoms with Crippen molar-refractivity contribution in [2.24, 2.45) is 5.41 Å². The van der Waals surface area contributed by atoms with E-state index in [0.29, 0.717) is 6.42 Å². The number of nitrogens with zero attached hydrogens (tertiary/aromatic N) is 1. The normalized spacial score (nSPS) is 23.8. The predicted octanol–water partition coefficient (Wildman–Crippen LogP) is 3.86. The average molecular weight is 285 g/mol. The van der Waals surface area contributed by atoms with Gasteiger partial charge < -0.3 is 9.84 Å². The first-order chi connectivity index (χ1) is 10.1. The van der Waals surface area contributed by atoms with Gasteiger partial charge in [-0.3, -0.25) is 0 Å². The molecule has 1 N–H and O–H groups in total. The number of ether oxygens (including phenoxy) is 1. The van der Waals surface area contributed by atoms with Gasteiger partial charge in [0.1, 0.15) is 17.4 Å². The molecule has 21 heavy (non-hydrogen) atoms. The van der Waals surface area contributed by atoms with Crippen LogP contribution in [-0.2, 0) is 0 Å². The van der Waals surface area contributed by atoms with Crippen molar-refractivity contribution >= 4 is 10.9 Å². The van der Waals surface area contributed by atoms with Crippen LogP contribution < -0.4 is 4.74 Å². The number of pyridine rings is 1. The van der Waals surface area contributed by atoms with Gasteiger partial charge in [-0.25, -0.2) is 4.98 Å². The molecule has 2 atom stereocenters. The molecular weight excluding hydrogens is 262 g/mol. The zero-order valence-corrected chi connectivity index (χ0v) is 13.0. The van der Waals surface area contributed by atoms with Crippen LogP contribution in [0.25, 0.3) is 10.9 Å². The fourth-order valence-corrected chi connectivity index (χ4v) is 3.53. The molecule has 112 valence electrons. The van der Waals surface area contributed by atoms with Crippen LogP contribution >= 0.6 is 0 Å². The second-order valence-electron chi connectivity index (χ2n) is 6.08. The largest absolute Gasteiger partial charge is 0.487 e. The lowest BCUT2D eigenvalue weighted by Gasteiger charge is -2.52. The maximum absolute atomic E-state index is 10.2. The van der Waals surface area contributed by atoms with Crippen molar-refractivity contribution < 1.29 is 9.84 Å². The smallest absolute Gasteiger partial charge is 0.145 e. The summed E-state index contributed by atoms with van der Waals surface area (Å²) >= 11 is 0. The van der Waals surface area contributed by atoms with Gasteiger partial charge in [0.05, 0.1) is 6.10 Å². The third-order valence-electron chi connectivity index (χ3n) is 5.15. The number of fused-ring (bicyclic) bond motifs is 1. The Bertz CT molecular complexity index is 649. The lowest BCUT2D eigenvalue weighted by atomic mass is 9.60. The molecule has 0 spiro atoms. The molecule has 0 radical (unpaired) electrons. The van der Waals surface area contributed by atoms with Crippen LogP contribution in [-0.4, -0.2) is 22.3 Å². The highest BCUT2D eigenvalue weighted by Gasteiger charge is 2.53. The van der Waals surface area contributed by atoms with Gasteiger partial charge in [0.25, 0.3) is 0 Å². The lowest BCUT2D eigenvalue weighted by molar-refractivity contribution is -0.159. The van der Waals surface area contributed by atoms with Crippen molar-refractivity contribution in [2.45, 2.75) is 52.2 Å². The molecule has 3 rings (SSSR count). The summed E-state index contributed by atoms with van der Waals surface area (Å²) in [5.74, 6) is 0.833. The van der Waals surface area contributed by atoms with Gasteiger partial charge in [0.2, 0.25) is 0 Å². The Morgan fingerprint density at radius 2 is 2.00 bits per heavy atom. The Labute approximate surface area is 126 Å². The zero-order valence-electron chi connectivity index (χ0n) is 13.0. The highest BCUT2D eigenvalue weighted by atomic mass is 16.5. The van der Waals surface area contributed by atoms with E-state index in [-0.39, 0.29) is 17.6 Å². The number of para-hydroxylation sites is 1. The van der Waals surface area contributed by atoms with Crippen molar-refractivity contribution in [1.29, 1.82) is 0 Å². The van der Waals surface area contributed by atoms with Crippen LogP contribution in [0.15, 0.2) is 30.3 Å². The number of hydrogen-bond donors (Lipinski definition) is 1. The van der Waals surface area contributed by atoms with Gasteiger partial charge in [-0.15, -0.1) is 0 Å². The van der Waals surface area contributed by atoms with Crippen LogP contribution in [0.2, 0.25) is 0 Å². The quantitative estimate of drug-likeness (QED) is 0.927. The van der Waals surface area contributed by atoms with E-state index in [4.69, 9.17) is 4.74 Å². The number of hydrogen-bond acceptors (Lipinski definition) is 3. The second-order valence-corrected chi connectivity index (χ2v) is 6.08. The van der Waals surface area contributed by atoms with Gasteiger partial charge in [0.15, 0.2) is 0 Å². The van der Waals surface area contributed by atoms with E-state index >= 15 is 0 Å². The number of aliphatic hydroxyl groups is 1.